The zero-order chi connectivity index (χ0) is 15.7. The first-order valence-corrected chi connectivity index (χ1v) is 7.86. The van der Waals surface area contributed by atoms with Crippen molar-refractivity contribution in [1.82, 2.24) is 14.5 Å². The maximum atomic E-state index is 11.9. The van der Waals surface area contributed by atoms with Crippen molar-refractivity contribution in [2.24, 2.45) is 0 Å². The second-order valence-electron chi connectivity index (χ2n) is 4.17. The van der Waals surface area contributed by atoms with Crippen LogP contribution in [0.3, 0.4) is 0 Å². The van der Waals surface area contributed by atoms with E-state index in [0.717, 1.165) is 0 Å². The lowest BCUT2D eigenvalue weighted by Gasteiger charge is -2.05. The predicted octanol–water partition coefficient (Wildman–Crippen LogP) is 0.229. The molecule has 0 aliphatic rings. The molecule has 0 aromatic carbocycles. The van der Waals surface area contributed by atoms with Gasteiger partial charge in [-0.2, -0.15) is 5.10 Å². The standard InChI is InChI=1S/C12H19N3O5S/c1-2-3-7-20-8-5-14-21(18,19)11-9-13-15(10-11)6-4-12(16)17/h2,9-10,14H,1,3-8H2,(H,16,17). The smallest absolute Gasteiger partial charge is 0.305 e. The number of aryl methyl sites for hydroxylation is 1. The van der Waals surface area contributed by atoms with Crippen molar-refractivity contribution in [3.8, 4) is 0 Å². The molecular formula is C12H19N3O5S. The van der Waals surface area contributed by atoms with Gasteiger partial charge in [0.15, 0.2) is 0 Å². The molecule has 8 nitrogen and oxygen atoms in total. The molecule has 1 aromatic heterocycles. The number of aliphatic carboxylic acids is 1. The fourth-order valence-electron chi connectivity index (χ4n) is 1.42. The predicted molar refractivity (Wildman–Crippen MR) is 75.3 cm³/mol. The molecule has 0 aliphatic carbocycles. The zero-order valence-electron chi connectivity index (χ0n) is 11.6. The number of carbonyl (C=O) groups is 1. The van der Waals surface area contributed by atoms with Gasteiger partial charge in [-0.25, -0.2) is 13.1 Å². The van der Waals surface area contributed by atoms with E-state index in [9.17, 15) is 13.2 Å². The Morgan fingerprint density at radius 1 is 1.52 bits per heavy atom. The van der Waals surface area contributed by atoms with Gasteiger partial charge in [-0.15, -0.1) is 6.58 Å². The molecule has 2 N–H and O–H groups in total. The number of aromatic nitrogens is 2. The number of nitrogens with one attached hydrogen (secondary N) is 1. The number of nitrogens with zero attached hydrogens (tertiary/aromatic N) is 2. The van der Waals surface area contributed by atoms with Crippen LogP contribution < -0.4 is 4.72 Å². The Morgan fingerprint density at radius 2 is 2.29 bits per heavy atom. The summed E-state index contributed by atoms with van der Waals surface area (Å²) in [5.41, 5.74) is 0. The Balaban J connectivity index is 2.43. The number of carboxylic acid groups (broad SMARTS) is 1. The largest absolute Gasteiger partial charge is 0.481 e. The molecule has 0 unspecified atom stereocenters. The summed E-state index contributed by atoms with van der Waals surface area (Å²) in [6, 6.07) is 0. The molecule has 0 amide bonds. The van der Waals surface area contributed by atoms with Gasteiger partial charge in [0.05, 0.1) is 32.4 Å². The molecule has 0 spiro atoms. The normalized spacial score (nSPS) is 11.4. The molecule has 1 rings (SSSR count). The van der Waals surface area contributed by atoms with Crippen molar-refractivity contribution in [2.45, 2.75) is 24.3 Å². The van der Waals surface area contributed by atoms with Crippen LogP contribution in [0.1, 0.15) is 12.8 Å². The fourth-order valence-corrected chi connectivity index (χ4v) is 2.38. The molecule has 0 saturated carbocycles. The number of ether oxygens (including phenoxy) is 1. The number of hydrogen-bond acceptors (Lipinski definition) is 5. The summed E-state index contributed by atoms with van der Waals surface area (Å²) >= 11 is 0. The van der Waals surface area contributed by atoms with E-state index in [0.29, 0.717) is 13.0 Å². The third-order valence-corrected chi connectivity index (χ3v) is 3.90. The lowest BCUT2D eigenvalue weighted by atomic mass is 10.4. The maximum absolute atomic E-state index is 11.9. The van der Waals surface area contributed by atoms with Crippen LogP contribution in [0.2, 0.25) is 0 Å². The second-order valence-corrected chi connectivity index (χ2v) is 5.94. The van der Waals surface area contributed by atoms with Crippen LogP contribution in [0, 0.1) is 0 Å². The molecule has 0 saturated heterocycles. The second kappa shape index (κ2) is 8.55. The Morgan fingerprint density at radius 3 is 2.95 bits per heavy atom. The summed E-state index contributed by atoms with van der Waals surface area (Å²) in [5.74, 6) is -0.968. The molecule has 9 heteroatoms. The zero-order valence-corrected chi connectivity index (χ0v) is 12.4. The Bertz CT molecular complexity index is 567. The fraction of sp³-hybridized carbons (Fsp3) is 0.500. The highest BCUT2D eigenvalue weighted by atomic mass is 32.2. The molecule has 0 bridgehead atoms. The van der Waals surface area contributed by atoms with E-state index in [1.54, 1.807) is 6.08 Å². The first-order chi connectivity index (χ1) is 9.95. The van der Waals surface area contributed by atoms with Crippen molar-refractivity contribution < 1.29 is 23.1 Å². The van der Waals surface area contributed by atoms with Crippen molar-refractivity contribution >= 4 is 16.0 Å². The van der Waals surface area contributed by atoms with Gasteiger partial charge in [-0.1, -0.05) is 6.08 Å². The van der Waals surface area contributed by atoms with Gasteiger partial charge >= 0.3 is 5.97 Å². The van der Waals surface area contributed by atoms with Gasteiger partial charge < -0.3 is 9.84 Å². The topological polar surface area (TPSA) is 111 Å². The molecule has 0 aliphatic heterocycles. The molecule has 0 fully saturated rings. The van der Waals surface area contributed by atoms with Gasteiger partial charge in [-0.3, -0.25) is 9.48 Å². The van der Waals surface area contributed by atoms with Crippen molar-refractivity contribution in [1.29, 1.82) is 0 Å². The highest BCUT2D eigenvalue weighted by Crippen LogP contribution is 2.07. The van der Waals surface area contributed by atoms with Crippen LogP contribution in [-0.2, 0) is 26.1 Å². The number of rotatable bonds is 11. The van der Waals surface area contributed by atoms with Gasteiger partial charge in [-0.05, 0) is 6.42 Å². The van der Waals surface area contributed by atoms with E-state index in [1.807, 2.05) is 0 Å². The average Bonchev–Trinajstić information content (AvgIpc) is 2.90. The van der Waals surface area contributed by atoms with E-state index in [-0.39, 0.29) is 31.0 Å². The third-order valence-electron chi connectivity index (χ3n) is 2.48. The summed E-state index contributed by atoms with van der Waals surface area (Å²) in [6.45, 7) is 4.58. The first-order valence-electron chi connectivity index (χ1n) is 6.38. The van der Waals surface area contributed by atoms with Gasteiger partial charge in [0.2, 0.25) is 10.0 Å². The minimum atomic E-state index is -3.65. The molecule has 1 heterocycles. The van der Waals surface area contributed by atoms with Crippen molar-refractivity contribution in [3.05, 3.63) is 25.0 Å². The minimum Gasteiger partial charge on any atom is -0.481 e. The quantitative estimate of drug-likeness (QED) is 0.446. The summed E-state index contributed by atoms with van der Waals surface area (Å²) in [5, 5.41) is 12.4. The highest BCUT2D eigenvalue weighted by Gasteiger charge is 2.16. The maximum Gasteiger partial charge on any atom is 0.305 e. The molecule has 118 valence electrons. The van der Waals surface area contributed by atoms with Crippen molar-refractivity contribution in [2.75, 3.05) is 19.8 Å². The molecule has 0 atom stereocenters. The van der Waals surface area contributed by atoms with Crippen LogP contribution >= 0.6 is 0 Å². The van der Waals surface area contributed by atoms with E-state index in [2.05, 4.69) is 16.4 Å². The minimum absolute atomic E-state index is 0.000944. The monoisotopic (exact) mass is 317 g/mol. The number of hydrogen-bond donors (Lipinski definition) is 2. The molecular weight excluding hydrogens is 298 g/mol. The van der Waals surface area contributed by atoms with Crippen LogP contribution in [-0.4, -0.2) is 49.0 Å². The van der Waals surface area contributed by atoms with E-state index in [1.165, 1.54) is 17.1 Å². The molecule has 1 aromatic rings. The van der Waals surface area contributed by atoms with E-state index < -0.39 is 16.0 Å². The SMILES string of the molecule is C=CCCOCCNS(=O)(=O)c1cnn(CCC(=O)O)c1. The van der Waals surface area contributed by atoms with E-state index >= 15 is 0 Å². The summed E-state index contributed by atoms with van der Waals surface area (Å²) < 4.78 is 32.7. The van der Waals surface area contributed by atoms with Gasteiger partial charge in [0.1, 0.15) is 4.90 Å². The number of carboxylic acids is 1. The lowest BCUT2D eigenvalue weighted by Crippen LogP contribution is -2.27. The Hall–Kier alpha value is -1.71. The van der Waals surface area contributed by atoms with Gasteiger partial charge in [0, 0.05) is 12.7 Å². The van der Waals surface area contributed by atoms with E-state index in [4.69, 9.17) is 9.84 Å². The third kappa shape index (κ3) is 6.52. The Labute approximate surface area is 123 Å². The summed E-state index contributed by atoms with van der Waals surface area (Å²) in [6.07, 6.45) is 4.79. The summed E-state index contributed by atoms with van der Waals surface area (Å²) in [7, 11) is -3.65. The average molecular weight is 317 g/mol. The molecule has 0 radical (unpaired) electrons. The van der Waals surface area contributed by atoms with Crippen LogP contribution in [0.25, 0.3) is 0 Å². The van der Waals surface area contributed by atoms with Crippen LogP contribution in [0.5, 0.6) is 0 Å². The first kappa shape index (κ1) is 17.3. The van der Waals surface area contributed by atoms with Crippen molar-refractivity contribution in [3.63, 3.8) is 0 Å². The Kier molecular flexibility index (Phi) is 7.06. The van der Waals surface area contributed by atoms with Crippen LogP contribution in [0.15, 0.2) is 29.9 Å². The molecule has 21 heavy (non-hydrogen) atoms. The lowest BCUT2D eigenvalue weighted by molar-refractivity contribution is -0.137. The highest BCUT2D eigenvalue weighted by molar-refractivity contribution is 7.89. The van der Waals surface area contributed by atoms with Crippen LogP contribution in [0.4, 0.5) is 0 Å². The summed E-state index contributed by atoms with van der Waals surface area (Å²) in [4.78, 5) is 10.4. The number of sulfonamides is 1. The van der Waals surface area contributed by atoms with Gasteiger partial charge in [0.25, 0.3) is 0 Å².